The Morgan fingerprint density at radius 2 is 2.31 bits per heavy atom. The van der Waals surface area contributed by atoms with E-state index in [9.17, 15) is 4.79 Å². The van der Waals surface area contributed by atoms with Crippen molar-refractivity contribution >= 4 is 28.3 Å². The molecule has 0 bridgehead atoms. The van der Waals surface area contributed by atoms with Gasteiger partial charge in [-0.3, -0.25) is 4.79 Å². The Bertz CT molecular complexity index is 449. The van der Waals surface area contributed by atoms with Crippen molar-refractivity contribution in [1.82, 2.24) is 9.88 Å². The fraction of sp³-hybridized carbons (Fsp3) is 0.444. The maximum absolute atomic E-state index is 11.2. The Hall–Kier alpha value is -1.63. The summed E-state index contributed by atoms with van der Waals surface area (Å²) in [7, 11) is 0. The van der Waals surface area contributed by atoms with E-state index in [1.807, 2.05) is 0 Å². The van der Waals surface area contributed by atoms with E-state index < -0.39 is 0 Å². The second kappa shape index (κ2) is 4.09. The molecule has 0 radical (unpaired) electrons. The largest absolute Gasteiger partial charge is 0.370 e. The summed E-state index contributed by atoms with van der Waals surface area (Å²) in [6, 6.07) is 0. The lowest BCUT2D eigenvalue weighted by Gasteiger charge is -2.24. The summed E-state index contributed by atoms with van der Waals surface area (Å²) in [6.07, 6.45) is 0.769. The third-order valence-electron chi connectivity index (χ3n) is 2.39. The number of aliphatic imine (C=N–C) groups is 1. The minimum absolute atomic E-state index is 0.00882. The zero-order valence-corrected chi connectivity index (χ0v) is 9.75. The standard InChI is InChI=1S/C9H13N5OS/c1-5(15)14-3-2-6-7(4-14)16-9(12-6)13-8(10)11/h2-4H2,1H3,(H4,10,11,12,13). The number of thiazole rings is 1. The first-order chi connectivity index (χ1) is 7.56. The van der Waals surface area contributed by atoms with Crippen LogP contribution in [-0.2, 0) is 17.8 Å². The van der Waals surface area contributed by atoms with Gasteiger partial charge in [-0.05, 0) is 0 Å². The highest BCUT2D eigenvalue weighted by Gasteiger charge is 2.21. The highest BCUT2D eigenvalue weighted by Crippen LogP contribution is 2.29. The van der Waals surface area contributed by atoms with Crippen LogP contribution in [0, 0.1) is 0 Å². The van der Waals surface area contributed by atoms with Gasteiger partial charge in [-0.25, -0.2) is 4.98 Å². The number of hydrogen-bond donors (Lipinski definition) is 2. The molecule has 0 atom stereocenters. The molecule has 0 saturated heterocycles. The summed E-state index contributed by atoms with van der Waals surface area (Å²) in [4.78, 5) is 22.3. The van der Waals surface area contributed by atoms with Crippen LogP contribution in [0.4, 0.5) is 5.13 Å². The molecular formula is C9H13N5OS. The van der Waals surface area contributed by atoms with Gasteiger partial charge < -0.3 is 16.4 Å². The summed E-state index contributed by atoms with van der Waals surface area (Å²) in [5.74, 6) is 0.0944. The molecule has 0 aliphatic carbocycles. The molecule has 6 nitrogen and oxygen atoms in total. The molecule has 0 saturated carbocycles. The zero-order chi connectivity index (χ0) is 11.7. The van der Waals surface area contributed by atoms with Gasteiger partial charge in [0.05, 0.1) is 12.2 Å². The van der Waals surface area contributed by atoms with E-state index in [0.717, 1.165) is 17.0 Å². The second-order valence-corrected chi connectivity index (χ2v) is 4.66. The van der Waals surface area contributed by atoms with E-state index in [0.29, 0.717) is 18.2 Å². The van der Waals surface area contributed by atoms with Crippen molar-refractivity contribution in [1.29, 1.82) is 0 Å². The highest BCUT2D eigenvalue weighted by molar-refractivity contribution is 7.15. The van der Waals surface area contributed by atoms with E-state index in [4.69, 9.17) is 11.5 Å². The average Bonchev–Trinajstić information content (AvgIpc) is 2.56. The number of carbonyl (C=O) groups is 1. The van der Waals surface area contributed by atoms with Gasteiger partial charge in [0.15, 0.2) is 5.96 Å². The van der Waals surface area contributed by atoms with E-state index in [-0.39, 0.29) is 11.9 Å². The number of aromatic nitrogens is 1. The van der Waals surface area contributed by atoms with Crippen molar-refractivity contribution in [3.63, 3.8) is 0 Å². The molecule has 4 N–H and O–H groups in total. The topological polar surface area (TPSA) is 97.6 Å². The SMILES string of the molecule is CC(=O)N1CCc2nc(N=C(N)N)sc2C1. The normalized spacial score (nSPS) is 14.4. The first-order valence-corrected chi connectivity index (χ1v) is 5.71. The predicted molar refractivity (Wildman–Crippen MR) is 62.4 cm³/mol. The molecule has 0 aromatic carbocycles. The number of nitrogens with two attached hydrogens (primary N) is 2. The number of guanidine groups is 1. The Morgan fingerprint density at radius 3 is 2.94 bits per heavy atom. The number of rotatable bonds is 1. The van der Waals surface area contributed by atoms with Crippen molar-refractivity contribution in [3.05, 3.63) is 10.6 Å². The number of fused-ring (bicyclic) bond motifs is 1. The van der Waals surface area contributed by atoms with Gasteiger partial charge in [-0.2, -0.15) is 4.99 Å². The fourth-order valence-corrected chi connectivity index (χ4v) is 2.62. The van der Waals surface area contributed by atoms with E-state index in [1.165, 1.54) is 11.3 Å². The van der Waals surface area contributed by atoms with Gasteiger partial charge in [-0.15, -0.1) is 0 Å². The lowest BCUT2D eigenvalue weighted by atomic mass is 10.2. The maximum atomic E-state index is 11.2. The van der Waals surface area contributed by atoms with Gasteiger partial charge in [0, 0.05) is 24.8 Å². The molecule has 1 aromatic rings. The van der Waals surface area contributed by atoms with Gasteiger partial charge in [0.1, 0.15) is 0 Å². The molecule has 86 valence electrons. The van der Waals surface area contributed by atoms with Crippen LogP contribution in [0.1, 0.15) is 17.5 Å². The molecule has 7 heteroatoms. The zero-order valence-electron chi connectivity index (χ0n) is 8.93. The van der Waals surface area contributed by atoms with Crippen LogP contribution in [0.25, 0.3) is 0 Å². The number of amides is 1. The summed E-state index contributed by atoms with van der Waals surface area (Å²) < 4.78 is 0. The van der Waals surface area contributed by atoms with E-state index >= 15 is 0 Å². The number of hydrogen-bond acceptors (Lipinski definition) is 4. The third-order valence-corrected chi connectivity index (χ3v) is 3.37. The first-order valence-electron chi connectivity index (χ1n) is 4.90. The van der Waals surface area contributed by atoms with Gasteiger partial charge in [0.25, 0.3) is 0 Å². The smallest absolute Gasteiger partial charge is 0.219 e. The van der Waals surface area contributed by atoms with Gasteiger partial charge in [0.2, 0.25) is 11.0 Å². The monoisotopic (exact) mass is 239 g/mol. The van der Waals surface area contributed by atoms with E-state index in [2.05, 4.69) is 9.98 Å². The minimum Gasteiger partial charge on any atom is -0.370 e. The highest BCUT2D eigenvalue weighted by atomic mass is 32.1. The number of nitrogens with zero attached hydrogens (tertiary/aromatic N) is 3. The molecule has 2 rings (SSSR count). The molecule has 16 heavy (non-hydrogen) atoms. The van der Waals surface area contributed by atoms with Gasteiger partial charge >= 0.3 is 0 Å². The van der Waals surface area contributed by atoms with Crippen LogP contribution in [-0.4, -0.2) is 28.3 Å². The molecule has 1 amide bonds. The third kappa shape index (κ3) is 2.13. The molecule has 0 unspecified atom stereocenters. The van der Waals surface area contributed by atoms with Crippen LogP contribution in [0.5, 0.6) is 0 Å². The summed E-state index contributed by atoms with van der Waals surface area (Å²) in [6.45, 7) is 2.90. The second-order valence-electron chi connectivity index (χ2n) is 3.59. The van der Waals surface area contributed by atoms with E-state index in [1.54, 1.807) is 11.8 Å². The molecule has 0 fully saturated rings. The molecule has 1 aliphatic rings. The predicted octanol–water partition coefficient (Wildman–Crippen LogP) is -0.0474. The summed E-state index contributed by atoms with van der Waals surface area (Å²) >= 11 is 1.43. The van der Waals surface area contributed by atoms with Crippen LogP contribution in [0.3, 0.4) is 0 Å². The summed E-state index contributed by atoms with van der Waals surface area (Å²) in [5, 5.41) is 0.565. The Morgan fingerprint density at radius 1 is 1.56 bits per heavy atom. The molecule has 1 aromatic heterocycles. The van der Waals surface area contributed by atoms with Crippen LogP contribution < -0.4 is 11.5 Å². The first kappa shape index (κ1) is 10.9. The summed E-state index contributed by atoms with van der Waals surface area (Å²) in [5.41, 5.74) is 11.6. The minimum atomic E-state index is 0.00882. The van der Waals surface area contributed by atoms with Crippen molar-refractivity contribution in [3.8, 4) is 0 Å². The van der Waals surface area contributed by atoms with Crippen LogP contribution >= 0.6 is 11.3 Å². The lowest BCUT2D eigenvalue weighted by Crippen LogP contribution is -2.33. The molecule has 0 spiro atoms. The fourth-order valence-electron chi connectivity index (χ4n) is 1.61. The van der Waals surface area contributed by atoms with Crippen molar-refractivity contribution in [2.45, 2.75) is 19.9 Å². The Kier molecular flexibility index (Phi) is 2.78. The van der Waals surface area contributed by atoms with Crippen molar-refractivity contribution < 1.29 is 4.79 Å². The number of carbonyl (C=O) groups excluding carboxylic acids is 1. The lowest BCUT2D eigenvalue weighted by molar-refractivity contribution is -0.129. The van der Waals surface area contributed by atoms with Gasteiger partial charge in [-0.1, -0.05) is 11.3 Å². The quantitative estimate of drug-likeness (QED) is 0.530. The molecular weight excluding hydrogens is 226 g/mol. The maximum Gasteiger partial charge on any atom is 0.219 e. The van der Waals surface area contributed by atoms with Crippen molar-refractivity contribution in [2.75, 3.05) is 6.54 Å². The van der Waals surface area contributed by atoms with Crippen molar-refractivity contribution in [2.24, 2.45) is 16.5 Å². The van der Waals surface area contributed by atoms with Crippen LogP contribution in [0.15, 0.2) is 4.99 Å². The molecule has 2 heterocycles. The molecule has 1 aliphatic heterocycles. The Labute approximate surface area is 97.0 Å². The average molecular weight is 239 g/mol. The Balaban J connectivity index is 2.23. The van der Waals surface area contributed by atoms with Crippen LogP contribution in [0.2, 0.25) is 0 Å².